The molecule has 0 saturated heterocycles. The van der Waals surface area contributed by atoms with Crippen LogP contribution in [0.4, 0.5) is 5.69 Å². The molecule has 0 unspecified atom stereocenters. The Bertz CT molecular complexity index is 542. The first-order chi connectivity index (χ1) is 11.4. The Morgan fingerprint density at radius 2 is 1.92 bits per heavy atom. The highest BCUT2D eigenvalue weighted by Gasteiger charge is 2.29. The van der Waals surface area contributed by atoms with Crippen molar-refractivity contribution in [3.05, 3.63) is 29.8 Å². The fraction of sp³-hybridized carbons (Fsp3) is 0.667. The Morgan fingerprint density at radius 3 is 2.62 bits per heavy atom. The van der Waals surface area contributed by atoms with Gasteiger partial charge in [-0.25, -0.2) is 0 Å². The van der Waals surface area contributed by atoms with Crippen molar-refractivity contribution in [1.29, 1.82) is 0 Å². The second-order valence-electron chi connectivity index (χ2n) is 7.65. The number of rotatable bonds is 6. The number of carbonyl (C=O) groups excluding carboxylic acids is 1. The molecule has 0 aliphatic heterocycles. The standard InChI is InChI=1S/C21H34N2O/c1-6-14(2)18-11-7-8-12-20(18)23-21(24)17(5)22-19-13-9-10-15(3)16(19)4/h7-8,11-12,14-17,19,22H,6,9-10,13H2,1-5H3,(H,23,24)/t14-,15+,16+,17+,19-/m1/s1. The van der Waals surface area contributed by atoms with Gasteiger partial charge in [0.1, 0.15) is 0 Å². The Labute approximate surface area is 147 Å². The first-order valence-corrected chi connectivity index (χ1v) is 9.59. The third-order valence-electron chi connectivity index (χ3n) is 5.93. The topological polar surface area (TPSA) is 41.1 Å². The Balaban J connectivity index is 1.99. The summed E-state index contributed by atoms with van der Waals surface area (Å²) in [5.41, 5.74) is 2.18. The highest BCUT2D eigenvalue weighted by molar-refractivity contribution is 5.95. The molecule has 0 heterocycles. The van der Waals surface area contributed by atoms with E-state index in [1.54, 1.807) is 0 Å². The van der Waals surface area contributed by atoms with Crippen molar-refractivity contribution in [1.82, 2.24) is 5.32 Å². The molecule has 5 atom stereocenters. The molecule has 1 aliphatic rings. The first kappa shape index (κ1) is 19.0. The first-order valence-electron chi connectivity index (χ1n) is 9.59. The minimum absolute atomic E-state index is 0.0659. The predicted molar refractivity (Wildman–Crippen MR) is 102 cm³/mol. The van der Waals surface area contributed by atoms with E-state index in [1.165, 1.54) is 24.8 Å². The second-order valence-corrected chi connectivity index (χ2v) is 7.65. The summed E-state index contributed by atoms with van der Waals surface area (Å²) in [7, 11) is 0. The van der Waals surface area contributed by atoms with Crippen molar-refractivity contribution in [2.45, 2.75) is 78.3 Å². The molecule has 0 radical (unpaired) electrons. The molecule has 0 bridgehead atoms. The lowest BCUT2D eigenvalue weighted by atomic mass is 9.78. The molecule has 0 aromatic heterocycles. The van der Waals surface area contributed by atoms with Gasteiger partial charge in [-0.15, -0.1) is 0 Å². The van der Waals surface area contributed by atoms with Crippen LogP contribution in [0.25, 0.3) is 0 Å². The molecular formula is C21H34N2O. The van der Waals surface area contributed by atoms with E-state index in [1.807, 2.05) is 25.1 Å². The lowest BCUT2D eigenvalue weighted by Crippen LogP contribution is -2.49. The van der Waals surface area contributed by atoms with Crippen LogP contribution in [-0.2, 0) is 4.79 Å². The van der Waals surface area contributed by atoms with Gasteiger partial charge in [-0.3, -0.25) is 4.79 Å². The average Bonchev–Trinajstić information content (AvgIpc) is 2.58. The number of hydrogen-bond donors (Lipinski definition) is 2. The predicted octanol–water partition coefficient (Wildman–Crippen LogP) is 4.94. The van der Waals surface area contributed by atoms with E-state index in [-0.39, 0.29) is 11.9 Å². The minimum Gasteiger partial charge on any atom is -0.324 e. The van der Waals surface area contributed by atoms with Crippen molar-refractivity contribution in [2.24, 2.45) is 11.8 Å². The van der Waals surface area contributed by atoms with Crippen molar-refractivity contribution >= 4 is 11.6 Å². The van der Waals surface area contributed by atoms with Crippen molar-refractivity contribution < 1.29 is 4.79 Å². The summed E-state index contributed by atoms with van der Waals surface area (Å²) in [6.45, 7) is 11.0. The summed E-state index contributed by atoms with van der Waals surface area (Å²) in [4.78, 5) is 12.7. The Kier molecular flexibility index (Phi) is 6.85. The maximum Gasteiger partial charge on any atom is 0.241 e. The largest absolute Gasteiger partial charge is 0.324 e. The van der Waals surface area contributed by atoms with Gasteiger partial charge < -0.3 is 10.6 Å². The Hall–Kier alpha value is -1.35. The van der Waals surface area contributed by atoms with E-state index in [0.717, 1.165) is 18.0 Å². The van der Waals surface area contributed by atoms with E-state index in [0.29, 0.717) is 17.9 Å². The van der Waals surface area contributed by atoms with E-state index >= 15 is 0 Å². The molecule has 2 N–H and O–H groups in total. The number of amides is 1. The molecule has 1 fully saturated rings. The second kappa shape index (κ2) is 8.66. The molecule has 1 amide bonds. The number of para-hydroxylation sites is 1. The van der Waals surface area contributed by atoms with Crippen LogP contribution in [0, 0.1) is 11.8 Å². The van der Waals surface area contributed by atoms with Crippen molar-refractivity contribution in [2.75, 3.05) is 5.32 Å². The minimum atomic E-state index is -0.173. The lowest BCUT2D eigenvalue weighted by molar-refractivity contribution is -0.118. The monoisotopic (exact) mass is 330 g/mol. The summed E-state index contributed by atoms with van der Waals surface area (Å²) < 4.78 is 0. The van der Waals surface area contributed by atoms with Gasteiger partial charge in [0, 0.05) is 11.7 Å². The fourth-order valence-corrected chi connectivity index (χ4v) is 3.72. The molecule has 1 aromatic carbocycles. The van der Waals surface area contributed by atoms with Crippen LogP contribution >= 0.6 is 0 Å². The lowest BCUT2D eigenvalue weighted by Gasteiger charge is -2.36. The van der Waals surface area contributed by atoms with Crippen LogP contribution in [0.1, 0.15) is 71.8 Å². The van der Waals surface area contributed by atoms with Crippen LogP contribution in [0.5, 0.6) is 0 Å². The van der Waals surface area contributed by atoms with Gasteiger partial charge in [-0.05, 0) is 49.1 Å². The van der Waals surface area contributed by atoms with Crippen LogP contribution in [-0.4, -0.2) is 18.0 Å². The SMILES string of the molecule is CC[C@@H](C)c1ccccc1NC(=O)[C@H](C)N[C@@H]1CCC[C@H](C)[C@@H]1C. The summed E-state index contributed by atoms with van der Waals surface area (Å²) in [6, 6.07) is 8.44. The van der Waals surface area contributed by atoms with Gasteiger partial charge in [0.15, 0.2) is 0 Å². The Morgan fingerprint density at radius 1 is 1.21 bits per heavy atom. The summed E-state index contributed by atoms with van der Waals surface area (Å²) in [6.07, 6.45) is 4.81. The molecule has 0 spiro atoms. The normalized spacial score (nSPS) is 26.6. The van der Waals surface area contributed by atoms with E-state index in [2.05, 4.69) is 44.4 Å². The number of hydrogen-bond acceptors (Lipinski definition) is 2. The molecule has 1 aliphatic carbocycles. The van der Waals surface area contributed by atoms with Crippen LogP contribution < -0.4 is 10.6 Å². The highest BCUT2D eigenvalue weighted by atomic mass is 16.2. The third kappa shape index (κ3) is 4.60. The quantitative estimate of drug-likeness (QED) is 0.775. The number of carbonyl (C=O) groups is 1. The van der Waals surface area contributed by atoms with Gasteiger partial charge in [0.2, 0.25) is 5.91 Å². The molecule has 1 saturated carbocycles. The van der Waals surface area contributed by atoms with Crippen molar-refractivity contribution in [3.8, 4) is 0 Å². The molecule has 24 heavy (non-hydrogen) atoms. The maximum atomic E-state index is 12.7. The summed E-state index contributed by atoms with van der Waals surface area (Å²) in [5.74, 6) is 1.87. The summed E-state index contributed by atoms with van der Waals surface area (Å²) >= 11 is 0. The average molecular weight is 331 g/mol. The zero-order valence-electron chi connectivity index (χ0n) is 15.9. The zero-order chi connectivity index (χ0) is 17.7. The van der Waals surface area contributed by atoms with Gasteiger partial charge >= 0.3 is 0 Å². The maximum absolute atomic E-state index is 12.7. The van der Waals surface area contributed by atoms with Gasteiger partial charge in [0.05, 0.1) is 6.04 Å². The molecule has 134 valence electrons. The third-order valence-corrected chi connectivity index (χ3v) is 5.93. The van der Waals surface area contributed by atoms with Gasteiger partial charge in [-0.2, -0.15) is 0 Å². The number of benzene rings is 1. The molecule has 2 rings (SSSR count). The zero-order valence-corrected chi connectivity index (χ0v) is 15.9. The number of nitrogens with one attached hydrogen (secondary N) is 2. The van der Waals surface area contributed by atoms with Gasteiger partial charge in [0.25, 0.3) is 0 Å². The summed E-state index contributed by atoms with van der Waals surface area (Å²) in [5, 5.41) is 6.71. The van der Waals surface area contributed by atoms with Crippen LogP contribution in [0.15, 0.2) is 24.3 Å². The van der Waals surface area contributed by atoms with E-state index in [9.17, 15) is 4.79 Å². The molecule has 1 aromatic rings. The molecular weight excluding hydrogens is 296 g/mol. The van der Waals surface area contributed by atoms with Crippen molar-refractivity contribution in [3.63, 3.8) is 0 Å². The van der Waals surface area contributed by atoms with E-state index in [4.69, 9.17) is 0 Å². The fourth-order valence-electron chi connectivity index (χ4n) is 3.72. The van der Waals surface area contributed by atoms with Gasteiger partial charge in [-0.1, -0.05) is 58.7 Å². The highest BCUT2D eigenvalue weighted by Crippen LogP contribution is 2.30. The smallest absolute Gasteiger partial charge is 0.241 e. The van der Waals surface area contributed by atoms with Crippen LogP contribution in [0.3, 0.4) is 0 Å². The van der Waals surface area contributed by atoms with E-state index < -0.39 is 0 Å². The van der Waals surface area contributed by atoms with Crippen LogP contribution in [0.2, 0.25) is 0 Å². The molecule has 3 nitrogen and oxygen atoms in total. The number of anilines is 1. The molecule has 3 heteroatoms.